The molecule has 0 spiro atoms. The molecule has 116 valence electrons. The Morgan fingerprint density at radius 1 is 1.33 bits per heavy atom. The van der Waals surface area contributed by atoms with E-state index >= 15 is 0 Å². The van der Waals surface area contributed by atoms with E-state index in [9.17, 15) is 13.2 Å². The zero-order valence-corrected chi connectivity index (χ0v) is 13.1. The molecule has 1 aliphatic heterocycles. The van der Waals surface area contributed by atoms with Crippen LogP contribution in [0.15, 0.2) is 30.3 Å². The Morgan fingerprint density at radius 3 is 2.71 bits per heavy atom. The average Bonchev–Trinajstić information content (AvgIpc) is 2.46. The summed E-state index contributed by atoms with van der Waals surface area (Å²) >= 11 is 0. The van der Waals surface area contributed by atoms with E-state index in [0.717, 1.165) is 18.4 Å². The third-order valence-corrected chi connectivity index (χ3v) is 5.51. The number of amides is 1. The quantitative estimate of drug-likeness (QED) is 0.887. The maximum Gasteiger partial charge on any atom is 0.217 e. The van der Waals surface area contributed by atoms with Crippen molar-refractivity contribution in [3.05, 3.63) is 35.9 Å². The predicted octanol–water partition coefficient (Wildman–Crippen LogP) is 1.16. The van der Waals surface area contributed by atoms with Gasteiger partial charge >= 0.3 is 0 Å². The molecule has 5 nitrogen and oxygen atoms in total. The molecule has 1 saturated heterocycles. The highest BCUT2D eigenvalue weighted by Crippen LogP contribution is 2.15. The number of carbonyl (C=O) groups excluding carboxylic acids is 1. The van der Waals surface area contributed by atoms with Gasteiger partial charge in [-0.1, -0.05) is 30.3 Å². The molecule has 1 heterocycles. The fourth-order valence-corrected chi connectivity index (χ4v) is 4.19. The Balaban J connectivity index is 1.93. The Labute approximate surface area is 126 Å². The van der Waals surface area contributed by atoms with Gasteiger partial charge < -0.3 is 5.32 Å². The third kappa shape index (κ3) is 4.82. The average molecular weight is 310 g/mol. The van der Waals surface area contributed by atoms with Crippen molar-refractivity contribution >= 4 is 15.9 Å². The number of piperidine rings is 1. The normalized spacial score (nSPS) is 20.1. The molecule has 0 saturated carbocycles. The first-order valence-corrected chi connectivity index (χ1v) is 8.87. The minimum absolute atomic E-state index is 0.0669. The van der Waals surface area contributed by atoms with Crippen LogP contribution in [0.5, 0.6) is 0 Å². The zero-order chi connectivity index (χ0) is 15.3. The lowest BCUT2D eigenvalue weighted by Crippen LogP contribution is -2.49. The SMILES string of the molecule is CC(=O)N[C@H]1CCCN(S(=O)(=O)CCc2ccccc2)C1. The Hall–Kier alpha value is -1.40. The van der Waals surface area contributed by atoms with Crippen molar-refractivity contribution in [3.8, 4) is 0 Å². The van der Waals surface area contributed by atoms with E-state index in [0.29, 0.717) is 19.5 Å². The number of hydrogen-bond acceptors (Lipinski definition) is 3. The molecule has 0 radical (unpaired) electrons. The van der Waals surface area contributed by atoms with E-state index in [4.69, 9.17) is 0 Å². The molecule has 0 unspecified atom stereocenters. The standard InChI is InChI=1S/C15H22N2O3S/c1-13(18)16-15-8-5-10-17(12-15)21(19,20)11-9-14-6-3-2-4-7-14/h2-4,6-7,15H,5,8-12H2,1H3,(H,16,18)/t15-/m0/s1. The first kappa shape index (κ1) is 16.0. The van der Waals surface area contributed by atoms with Crippen molar-refractivity contribution < 1.29 is 13.2 Å². The number of hydrogen-bond donors (Lipinski definition) is 1. The number of sulfonamides is 1. The lowest BCUT2D eigenvalue weighted by molar-refractivity contribution is -0.119. The summed E-state index contributed by atoms with van der Waals surface area (Å²) in [6, 6.07) is 9.55. The Bertz CT molecular complexity index is 572. The van der Waals surface area contributed by atoms with Gasteiger partial charge in [-0.2, -0.15) is 4.31 Å². The molecule has 0 aromatic heterocycles. The van der Waals surface area contributed by atoms with Gasteiger partial charge in [-0.3, -0.25) is 4.79 Å². The third-order valence-electron chi connectivity index (χ3n) is 3.68. The van der Waals surface area contributed by atoms with Gasteiger partial charge in [-0.15, -0.1) is 0 Å². The highest BCUT2D eigenvalue weighted by Gasteiger charge is 2.28. The number of nitrogens with one attached hydrogen (secondary N) is 1. The van der Waals surface area contributed by atoms with Crippen LogP contribution in [-0.4, -0.2) is 43.5 Å². The Kier molecular flexibility index (Phi) is 5.36. The number of carbonyl (C=O) groups is 1. The second-order valence-electron chi connectivity index (χ2n) is 5.45. The zero-order valence-electron chi connectivity index (χ0n) is 12.3. The molecule has 0 bridgehead atoms. The lowest BCUT2D eigenvalue weighted by Gasteiger charge is -2.32. The van der Waals surface area contributed by atoms with Crippen LogP contribution in [0.4, 0.5) is 0 Å². The van der Waals surface area contributed by atoms with E-state index in [1.807, 2.05) is 30.3 Å². The molecule has 1 aliphatic rings. The minimum atomic E-state index is -3.27. The topological polar surface area (TPSA) is 66.5 Å². The predicted molar refractivity (Wildman–Crippen MR) is 82.3 cm³/mol. The summed E-state index contributed by atoms with van der Waals surface area (Å²) in [6.45, 7) is 2.40. The highest BCUT2D eigenvalue weighted by atomic mass is 32.2. The van der Waals surface area contributed by atoms with Gasteiger partial charge in [-0.25, -0.2) is 8.42 Å². The van der Waals surface area contributed by atoms with Crippen molar-refractivity contribution in [3.63, 3.8) is 0 Å². The van der Waals surface area contributed by atoms with E-state index in [1.54, 1.807) is 0 Å². The van der Waals surface area contributed by atoms with Gasteiger partial charge in [0.2, 0.25) is 15.9 Å². The molecule has 1 N–H and O–H groups in total. The maximum absolute atomic E-state index is 12.4. The number of rotatable bonds is 5. The van der Waals surface area contributed by atoms with Gasteiger partial charge in [0, 0.05) is 26.1 Å². The van der Waals surface area contributed by atoms with Crippen LogP contribution in [0.1, 0.15) is 25.3 Å². The molecule has 1 aromatic carbocycles. The summed E-state index contributed by atoms with van der Waals surface area (Å²) < 4.78 is 26.3. The smallest absolute Gasteiger partial charge is 0.217 e. The van der Waals surface area contributed by atoms with Crippen molar-refractivity contribution in [1.82, 2.24) is 9.62 Å². The number of benzene rings is 1. The molecule has 6 heteroatoms. The second kappa shape index (κ2) is 7.04. The molecular formula is C15H22N2O3S. The maximum atomic E-state index is 12.4. The summed E-state index contributed by atoms with van der Waals surface area (Å²) in [4.78, 5) is 11.1. The summed E-state index contributed by atoms with van der Waals surface area (Å²) in [6.07, 6.45) is 2.14. The summed E-state index contributed by atoms with van der Waals surface area (Å²) in [7, 11) is -3.27. The van der Waals surface area contributed by atoms with Crippen LogP contribution in [0.3, 0.4) is 0 Å². The van der Waals surface area contributed by atoms with Crippen LogP contribution in [-0.2, 0) is 21.2 Å². The van der Waals surface area contributed by atoms with Crippen molar-refractivity contribution in [2.24, 2.45) is 0 Å². The monoisotopic (exact) mass is 310 g/mol. The van der Waals surface area contributed by atoms with Crippen molar-refractivity contribution in [2.45, 2.75) is 32.2 Å². The van der Waals surface area contributed by atoms with Gasteiger partial charge in [0.25, 0.3) is 0 Å². The highest BCUT2D eigenvalue weighted by molar-refractivity contribution is 7.89. The van der Waals surface area contributed by atoms with Gasteiger partial charge in [0.05, 0.1) is 5.75 Å². The molecule has 0 aliphatic carbocycles. The van der Waals surface area contributed by atoms with Gasteiger partial charge in [0.1, 0.15) is 0 Å². The summed E-state index contributed by atoms with van der Waals surface area (Å²) in [5, 5.41) is 2.81. The van der Waals surface area contributed by atoms with Crippen LogP contribution in [0.2, 0.25) is 0 Å². The molecule has 1 amide bonds. The number of nitrogens with zero attached hydrogens (tertiary/aromatic N) is 1. The summed E-state index contributed by atoms with van der Waals surface area (Å²) in [5.41, 5.74) is 1.02. The van der Waals surface area contributed by atoms with Crippen molar-refractivity contribution in [1.29, 1.82) is 0 Å². The van der Waals surface area contributed by atoms with E-state index in [1.165, 1.54) is 11.2 Å². The first-order chi connectivity index (χ1) is 9.97. The molecule has 2 rings (SSSR count). The lowest BCUT2D eigenvalue weighted by atomic mass is 10.1. The molecule has 1 atom stereocenters. The summed E-state index contributed by atoms with van der Waals surface area (Å²) in [5.74, 6) is 0.00705. The molecule has 21 heavy (non-hydrogen) atoms. The number of aryl methyl sites for hydroxylation is 1. The van der Waals surface area contributed by atoms with E-state index in [-0.39, 0.29) is 17.7 Å². The van der Waals surface area contributed by atoms with Crippen LogP contribution in [0, 0.1) is 0 Å². The fraction of sp³-hybridized carbons (Fsp3) is 0.533. The fourth-order valence-electron chi connectivity index (χ4n) is 2.62. The molecule has 1 aromatic rings. The van der Waals surface area contributed by atoms with Crippen LogP contribution < -0.4 is 5.32 Å². The van der Waals surface area contributed by atoms with E-state index < -0.39 is 10.0 Å². The second-order valence-corrected chi connectivity index (χ2v) is 7.54. The molecular weight excluding hydrogens is 288 g/mol. The van der Waals surface area contributed by atoms with Gasteiger partial charge in [0.15, 0.2) is 0 Å². The largest absolute Gasteiger partial charge is 0.352 e. The van der Waals surface area contributed by atoms with Crippen LogP contribution >= 0.6 is 0 Å². The Morgan fingerprint density at radius 2 is 2.05 bits per heavy atom. The van der Waals surface area contributed by atoms with Gasteiger partial charge in [-0.05, 0) is 24.8 Å². The van der Waals surface area contributed by atoms with Crippen LogP contribution in [0.25, 0.3) is 0 Å². The van der Waals surface area contributed by atoms with E-state index in [2.05, 4.69) is 5.32 Å². The first-order valence-electron chi connectivity index (χ1n) is 7.26. The molecule has 1 fully saturated rings. The minimum Gasteiger partial charge on any atom is -0.352 e. The van der Waals surface area contributed by atoms with Crippen molar-refractivity contribution in [2.75, 3.05) is 18.8 Å².